The fraction of sp³-hybridized carbons (Fsp3) is 0.409. The van der Waals surface area contributed by atoms with Gasteiger partial charge in [-0.05, 0) is 62.6 Å². The fourth-order valence-corrected chi connectivity index (χ4v) is 4.37. The maximum Gasteiger partial charge on any atom is 0.271 e. The molecule has 0 bridgehead atoms. The van der Waals surface area contributed by atoms with Crippen LogP contribution in [0.25, 0.3) is 0 Å². The molecule has 5 heteroatoms. The van der Waals surface area contributed by atoms with Gasteiger partial charge in [0.25, 0.3) is 11.6 Å². The first kappa shape index (κ1) is 18.3. The van der Waals surface area contributed by atoms with Crippen LogP contribution in [0.15, 0.2) is 48.5 Å². The highest BCUT2D eigenvalue weighted by Gasteiger charge is 2.51. The molecular formula is C22H26ClN2O2+. The van der Waals surface area contributed by atoms with Gasteiger partial charge in [0.1, 0.15) is 11.4 Å². The van der Waals surface area contributed by atoms with Gasteiger partial charge in [0, 0.05) is 23.1 Å². The standard InChI is InChI=1S/C22H26ClN2O2/c1-2-27-20-12-10-17(11-13-20)22(26)16-24(19-8-6-7-18(23)15-19)21-9-4-3-5-14-25(21)22/h6-8,10-13,15,26H,2-5,9,14,16H2,1H3/q+1/t22-/m1/s1. The largest absolute Gasteiger partial charge is 0.494 e. The minimum atomic E-state index is -1.05. The quantitative estimate of drug-likeness (QED) is 0.793. The molecule has 0 saturated heterocycles. The third kappa shape index (κ3) is 3.44. The van der Waals surface area contributed by atoms with Gasteiger partial charge in [0.15, 0.2) is 6.54 Å². The number of aliphatic hydroxyl groups is 1. The van der Waals surface area contributed by atoms with Crippen LogP contribution in [0.5, 0.6) is 5.75 Å². The predicted octanol–water partition coefficient (Wildman–Crippen LogP) is 4.39. The lowest BCUT2D eigenvalue weighted by Gasteiger charge is -2.23. The van der Waals surface area contributed by atoms with E-state index in [0.29, 0.717) is 18.2 Å². The fourth-order valence-electron chi connectivity index (χ4n) is 4.19. The zero-order valence-corrected chi connectivity index (χ0v) is 16.5. The van der Waals surface area contributed by atoms with Gasteiger partial charge in [-0.15, -0.1) is 0 Å². The van der Waals surface area contributed by atoms with E-state index in [1.54, 1.807) is 0 Å². The Morgan fingerprint density at radius 1 is 1.15 bits per heavy atom. The Hall–Kier alpha value is -2.04. The predicted molar refractivity (Wildman–Crippen MR) is 109 cm³/mol. The zero-order chi connectivity index (χ0) is 18.9. The number of hydrogen-bond donors (Lipinski definition) is 1. The highest BCUT2D eigenvalue weighted by molar-refractivity contribution is 6.30. The van der Waals surface area contributed by atoms with Crippen molar-refractivity contribution >= 4 is 23.1 Å². The summed E-state index contributed by atoms with van der Waals surface area (Å²) in [6, 6.07) is 15.7. The van der Waals surface area contributed by atoms with Gasteiger partial charge in [-0.2, -0.15) is 0 Å². The Kier molecular flexibility index (Phi) is 5.11. The van der Waals surface area contributed by atoms with Crippen molar-refractivity contribution in [2.75, 3.05) is 24.6 Å². The number of anilines is 1. The van der Waals surface area contributed by atoms with Gasteiger partial charge in [0.2, 0.25) is 0 Å². The van der Waals surface area contributed by atoms with E-state index in [9.17, 15) is 5.11 Å². The second kappa shape index (κ2) is 7.53. The molecule has 0 aromatic heterocycles. The van der Waals surface area contributed by atoms with Crippen molar-refractivity contribution in [3.63, 3.8) is 0 Å². The molecule has 2 heterocycles. The molecule has 27 heavy (non-hydrogen) atoms. The van der Waals surface area contributed by atoms with Crippen molar-refractivity contribution in [2.45, 2.75) is 38.3 Å². The maximum absolute atomic E-state index is 11.8. The van der Waals surface area contributed by atoms with E-state index in [4.69, 9.17) is 16.3 Å². The van der Waals surface area contributed by atoms with E-state index >= 15 is 0 Å². The number of hydrogen-bond acceptors (Lipinski definition) is 3. The number of benzene rings is 2. The lowest BCUT2D eigenvalue weighted by Crippen LogP contribution is -2.41. The molecule has 4 rings (SSSR count). The summed E-state index contributed by atoms with van der Waals surface area (Å²) in [6.07, 6.45) is 4.38. The van der Waals surface area contributed by atoms with Crippen LogP contribution < -0.4 is 9.64 Å². The van der Waals surface area contributed by atoms with Crippen molar-refractivity contribution < 1.29 is 14.4 Å². The number of β-amino-alcohol motifs (C(OH)–C–C–N with tert-alkyl or cyclic N) is 1. The summed E-state index contributed by atoms with van der Waals surface area (Å²) in [5, 5.41) is 12.5. The average Bonchev–Trinajstić information content (AvgIpc) is 2.83. The Labute approximate surface area is 165 Å². The smallest absolute Gasteiger partial charge is 0.271 e. The SMILES string of the molecule is CCOc1ccc([C@]2(O)CN(c3cccc(Cl)c3)C3=[N+]2CCCCC3)cc1. The van der Waals surface area contributed by atoms with Gasteiger partial charge in [-0.3, -0.25) is 0 Å². The van der Waals surface area contributed by atoms with Gasteiger partial charge < -0.3 is 9.84 Å². The third-order valence-electron chi connectivity index (χ3n) is 5.48. The van der Waals surface area contributed by atoms with E-state index in [1.807, 2.05) is 49.4 Å². The summed E-state index contributed by atoms with van der Waals surface area (Å²) in [7, 11) is 0. The van der Waals surface area contributed by atoms with Gasteiger partial charge in [0.05, 0.1) is 13.2 Å². The first-order valence-corrected chi connectivity index (χ1v) is 10.1. The molecule has 2 aliphatic heterocycles. The molecule has 2 aliphatic rings. The molecular weight excluding hydrogens is 360 g/mol. The highest BCUT2D eigenvalue weighted by Crippen LogP contribution is 2.36. The first-order valence-electron chi connectivity index (χ1n) is 9.74. The molecule has 0 unspecified atom stereocenters. The van der Waals surface area contributed by atoms with Crippen molar-refractivity contribution in [2.24, 2.45) is 0 Å². The molecule has 1 atom stereocenters. The zero-order valence-electron chi connectivity index (χ0n) is 15.7. The molecule has 1 N–H and O–H groups in total. The number of nitrogens with zero attached hydrogens (tertiary/aromatic N) is 2. The Bertz CT molecular complexity index is 850. The summed E-state index contributed by atoms with van der Waals surface area (Å²) in [4.78, 5) is 2.23. The van der Waals surface area contributed by atoms with E-state index in [0.717, 1.165) is 42.8 Å². The van der Waals surface area contributed by atoms with Gasteiger partial charge in [-0.25, -0.2) is 9.48 Å². The molecule has 0 radical (unpaired) electrons. The number of ether oxygens (including phenoxy) is 1. The second-order valence-electron chi connectivity index (χ2n) is 7.22. The molecule has 0 aliphatic carbocycles. The van der Waals surface area contributed by atoms with Crippen molar-refractivity contribution in [1.82, 2.24) is 0 Å². The van der Waals surface area contributed by atoms with E-state index in [2.05, 4.69) is 15.5 Å². The Balaban J connectivity index is 1.75. The van der Waals surface area contributed by atoms with Gasteiger partial charge in [-0.1, -0.05) is 17.7 Å². The summed E-state index contributed by atoms with van der Waals surface area (Å²) in [6.45, 7) is 3.96. The summed E-state index contributed by atoms with van der Waals surface area (Å²) in [5.74, 6) is 2.01. The highest BCUT2D eigenvalue weighted by atomic mass is 35.5. The van der Waals surface area contributed by atoms with Crippen LogP contribution in [0, 0.1) is 0 Å². The second-order valence-corrected chi connectivity index (χ2v) is 7.65. The molecule has 142 valence electrons. The number of amidine groups is 1. The lowest BCUT2D eigenvalue weighted by molar-refractivity contribution is -0.658. The average molecular weight is 386 g/mol. The lowest BCUT2D eigenvalue weighted by atomic mass is 10.0. The van der Waals surface area contributed by atoms with Crippen molar-refractivity contribution in [3.8, 4) is 5.75 Å². The van der Waals surface area contributed by atoms with E-state index in [-0.39, 0.29) is 0 Å². The molecule has 2 aromatic rings. The minimum Gasteiger partial charge on any atom is -0.494 e. The van der Waals surface area contributed by atoms with Crippen LogP contribution >= 0.6 is 11.6 Å². The molecule has 4 nitrogen and oxygen atoms in total. The third-order valence-corrected chi connectivity index (χ3v) is 5.71. The number of halogens is 1. The van der Waals surface area contributed by atoms with Crippen LogP contribution in [-0.2, 0) is 5.72 Å². The van der Waals surface area contributed by atoms with Crippen LogP contribution in [-0.4, -0.2) is 35.2 Å². The molecule has 0 saturated carbocycles. The summed E-state index contributed by atoms with van der Waals surface area (Å²) in [5.41, 5.74) is 0.883. The minimum absolute atomic E-state index is 0.497. The number of rotatable bonds is 4. The Morgan fingerprint density at radius 3 is 2.70 bits per heavy atom. The summed E-state index contributed by atoms with van der Waals surface area (Å²) < 4.78 is 7.75. The van der Waals surface area contributed by atoms with Crippen LogP contribution in [0.2, 0.25) is 5.02 Å². The first-order chi connectivity index (χ1) is 13.1. The van der Waals surface area contributed by atoms with E-state index in [1.165, 1.54) is 12.3 Å². The Morgan fingerprint density at radius 2 is 1.96 bits per heavy atom. The molecule has 0 fully saturated rings. The van der Waals surface area contributed by atoms with Crippen LogP contribution in [0.1, 0.15) is 38.2 Å². The topological polar surface area (TPSA) is 35.7 Å². The maximum atomic E-state index is 11.8. The van der Waals surface area contributed by atoms with E-state index < -0.39 is 5.72 Å². The normalized spacial score (nSPS) is 22.6. The van der Waals surface area contributed by atoms with Crippen molar-refractivity contribution in [1.29, 1.82) is 0 Å². The summed E-state index contributed by atoms with van der Waals surface area (Å²) >= 11 is 6.24. The van der Waals surface area contributed by atoms with Crippen LogP contribution in [0.3, 0.4) is 0 Å². The van der Waals surface area contributed by atoms with Crippen LogP contribution in [0.4, 0.5) is 5.69 Å². The molecule has 2 aromatic carbocycles. The molecule has 0 amide bonds. The monoisotopic (exact) mass is 385 g/mol. The van der Waals surface area contributed by atoms with Gasteiger partial charge >= 0.3 is 0 Å². The van der Waals surface area contributed by atoms with Crippen molar-refractivity contribution in [3.05, 3.63) is 59.1 Å². The molecule has 0 spiro atoms.